The molecule has 1 aliphatic rings. The van der Waals surface area contributed by atoms with Crippen LogP contribution < -0.4 is 20.3 Å². The number of amides is 1. The fraction of sp³-hybridized carbons (Fsp3) is 0.562. The van der Waals surface area contributed by atoms with Gasteiger partial charge in [0.15, 0.2) is 0 Å². The molecule has 0 bridgehead atoms. The van der Waals surface area contributed by atoms with Crippen LogP contribution in [0.3, 0.4) is 0 Å². The molecule has 1 fully saturated rings. The Bertz CT molecular complexity index is 552. The second-order valence-corrected chi connectivity index (χ2v) is 5.75. The predicted octanol–water partition coefficient (Wildman–Crippen LogP) is 2.28. The second kappa shape index (κ2) is 8.23. The number of carbonyl (C=O) groups excluding carboxylic acids is 1. The van der Waals surface area contributed by atoms with Gasteiger partial charge in [-0.15, -0.1) is 13.2 Å². The molecule has 1 aromatic carbocycles. The number of ether oxygens (including phenoxy) is 1. The van der Waals surface area contributed by atoms with Gasteiger partial charge in [-0.1, -0.05) is 6.07 Å². The van der Waals surface area contributed by atoms with E-state index in [4.69, 9.17) is 0 Å². The molecule has 2 rings (SSSR count). The summed E-state index contributed by atoms with van der Waals surface area (Å²) >= 11 is 0. The maximum Gasteiger partial charge on any atom is 0.573 e. The molecule has 1 unspecified atom stereocenters. The van der Waals surface area contributed by atoms with Gasteiger partial charge < -0.3 is 20.3 Å². The van der Waals surface area contributed by atoms with Crippen LogP contribution in [0.15, 0.2) is 24.3 Å². The molecule has 8 heteroatoms. The maximum atomic E-state index is 12.3. The van der Waals surface area contributed by atoms with E-state index in [1.807, 2.05) is 11.9 Å². The van der Waals surface area contributed by atoms with Crippen LogP contribution in [0, 0.1) is 0 Å². The molecule has 1 aliphatic heterocycles. The lowest BCUT2D eigenvalue weighted by Crippen LogP contribution is -2.37. The van der Waals surface area contributed by atoms with Crippen molar-refractivity contribution in [1.29, 1.82) is 0 Å². The number of hydrogen-bond donors (Lipinski definition) is 2. The van der Waals surface area contributed by atoms with Crippen LogP contribution in [0.1, 0.15) is 19.3 Å². The number of rotatable bonds is 7. The third-order valence-electron chi connectivity index (χ3n) is 3.80. The lowest BCUT2D eigenvalue weighted by atomic mass is 10.2. The topological polar surface area (TPSA) is 53.6 Å². The molecule has 24 heavy (non-hydrogen) atoms. The molecule has 2 N–H and O–H groups in total. The number of benzene rings is 1. The van der Waals surface area contributed by atoms with E-state index in [9.17, 15) is 18.0 Å². The molecule has 1 amide bonds. The minimum atomic E-state index is -4.70. The lowest BCUT2D eigenvalue weighted by molar-refractivity contribution is -0.274. The zero-order valence-electron chi connectivity index (χ0n) is 13.5. The van der Waals surface area contributed by atoms with Gasteiger partial charge >= 0.3 is 6.36 Å². The Balaban J connectivity index is 1.86. The van der Waals surface area contributed by atoms with E-state index in [1.54, 1.807) is 6.07 Å². The summed E-state index contributed by atoms with van der Waals surface area (Å²) in [7, 11) is 1.84. The van der Waals surface area contributed by atoms with Crippen LogP contribution in [0.5, 0.6) is 5.75 Å². The number of alkyl halides is 3. The van der Waals surface area contributed by atoms with Gasteiger partial charge in [0.2, 0.25) is 5.91 Å². The summed E-state index contributed by atoms with van der Waals surface area (Å²) in [6, 6.07) is 5.92. The molecule has 1 saturated heterocycles. The number of halogens is 3. The molecule has 1 aromatic rings. The van der Waals surface area contributed by atoms with E-state index in [1.165, 1.54) is 18.2 Å². The van der Waals surface area contributed by atoms with Gasteiger partial charge in [0.1, 0.15) is 5.75 Å². The maximum absolute atomic E-state index is 12.3. The van der Waals surface area contributed by atoms with Gasteiger partial charge in [-0.25, -0.2) is 0 Å². The van der Waals surface area contributed by atoms with Gasteiger partial charge in [0, 0.05) is 37.3 Å². The van der Waals surface area contributed by atoms with E-state index in [2.05, 4.69) is 15.4 Å². The first-order chi connectivity index (χ1) is 11.4. The van der Waals surface area contributed by atoms with E-state index in [0.29, 0.717) is 25.2 Å². The summed E-state index contributed by atoms with van der Waals surface area (Å²) in [6.07, 6.45) is -2.70. The third-order valence-corrected chi connectivity index (χ3v) is 3.80. The fourth-order valence-electron chi connectivity index (χ4n) is 2.72. The summed E-state index contributed by atoms with van der Waals surface area (Å²) in [4.78, 5) is 13.8. The van der Waals surface area contributed by atoms with Crippen molar-refractivity contribution in [3.8, 4) is 5.75 Å². The Morgan fingerprint density at radius 1 is 1.42 bits per heavy atom. The average Bonchev–Trinajstić information content (AvgIpc) is 2.94. The summed E-state index contributed by atoms with van der Waals surface area (Å²) in [6.45, 7) is 2.04. The predicted molar refractivity (Wildman–Crippen MR) is 85.0 cm³/mol. The Hall–Kier alpha value is -1.96. The molecule has 1 heterocycles. The van der Waals surface area contributed by atoms with Crippen LogP contribution >= 0.6 is 0 Å². The first-order valence-electron chi connectivity index (χ1n) is 7.92. The van der Waals surface area contributed by atoms with Crippen molar-refractivity contribution in [1.82, 2.24) is 10.6 Å². The van der Waals surface area contributed by atoms with Crippen molar-refractivity contribution in [2.75, 3.05) is 31.6 Å². The minimum Gasteiger partial charge on any atom is -0.406 e. The Labute approximate surface area is 139 Å². The van der Waals surface area contributed by atoms with Gasteiger partial charge in [0.25, 0.3) is 0 Å². The van der Waals surface area contributed by atoms with E-state index in [-0.39, 0.29) is 17.7 Å². The highest BCUT2D eigenvalue weighted by Gasteiger charge is 2.31. The molecular weight excluding hydrogens is 323 g/mol. The SMILES string of the molecule is CNCCCC(=O)NC1CCN(c2cccc(OC(F)(F)F)c2)C1. The second-order valence-electron chi connectivity index (χ2n) is 5.75. The van der Waals surface area contributed by atoms with E-state index in [0.717, 1.165) is 19.4 Å². The van der Waals surface area contributed by atoms with Crippen molar-refractivity contribution in [2.24, 2.45) is 0 Å². The molecule has 134 valence electrons. The van der Waals surface area contributed by atoms with Crippen molar-refractivity contribution in [3.05, 3.63) is 24.3 Å². The smallest absolute Gasteiger partial charge is 0.406 e. The van der Waals surface area contributed by atoms with Crippen LogP contribution in [-0.2, 0) is 4.79 Å². The van der Waals surface area contributed by atoms with Crippen LogP contribution in [-0.4, -0.2) is 45.0 Å². The van der Waals surface area contributed by atoms with Crippen molar-refractivity contribution in [3.63, 3.8) is 0 Å². The molecular formula is C16H22F3N3O2. The highest BCUT2D eigenvalue weighted by molar-refractivity contribution is 5.76. The molecule has 0 saturated carbocycles. The average molecular weight is 345 g/mol. The first kappa shape index (κ1) is 18.4. The normalized spacial score (nSPS) is 17.8. The lowest BCUT2D eigenvalue weighted by Gasteiger charge is -2.20. The van der Waals surface area contributed by atoms with E-state index < -0.39 is 6.36 Å². The number of nitrogens with zero attached hydrogens (tertiary/aromatic N) is 1. The summed E-state index contributed by atoms with van der Waals surface area (Å²) in [5.41, 5.74) is 0.656. The Morgan fingerprint density at radius 2 is 2.21 bits per heavy atom. The zero-order valence-corrected chi connectivity index (χ0v) is 13.5. The fourth-order valence-corrected chi connectivity index (χ4v) is 2.72. The van der Waals surface area contributed by atoms with Gasteiger partial charge in [0.05, 0.1) is 0 Å². The highest BCUT2D eigenvalue weighted by Crippen LogP contribution is 2.28. The zero-order chi connectivity index (χ0) is 17.6. The number of anilines is 1. The Kier molecular flexibility index (Phi) is 6.30. The van der Waals surface area contributed by atoms with Crippen LogP contribution in [0.25, 0.3) is 0 Å². The van der Waals surface area contributed by atoms with Crippen molar-refractivity contribution < 1.29 is 22.7 Å². The van der Waals surface area contributed by atoms with Gasteiger partial charge in [-0.3, -0.25) is 4.79 Å². The number of hydrogen-bond acceptors (Lipinski definition) is 4. The highest BCUT2D eigenvalue weighted by atomic mass is 19.4. The summed E-state index contributed by atoms with van der Waals surface area (Å²) in [5.74, 6) is -0.231. The van der Waals surface area contributed by atoms with E-state index >= 15 is 0 Å². The molecule has 0 aliphatic carbocycles. The standard InChI is InChI=1S/C16H22F3N3O2/c1-20-8-3-6-15(23)21-12-7-9-22(11-12)13-4-2-5-14(10-13)24-16(17,18)19/h2,4-5,10,12,20H,3,6-9,11H2,1H3,(H,21,23). The van der Waals surface area contributed by atoms with Crippen molar-refractivity contribution >= 4 is 11.6 Å². The molecule has 5 nitrogen and oxygen atoms in total. The molecule has 0 aromatic heterocycles. The largest absolute Gasteiger partial charge is 0.573 e. The number of carbonyl (C=O) groups is 1. The van der Waals surface area contributed by atoms with Crippen molar-refractivity contribution in [2.45, 2.75) is 31.7 Å². The third kappa shape index (κ3) is 5.92. The molecule has 0 spiro atoms. The van der Waals surface area contributed by atoms with Gasteiger partial charge in [-0.05, 0) is 38.6 Å². The van der Waals surface area contributed by atoms with Crippen LogP contribution in [0.4, 0.5) is 18.9 Å². The summed E-state index contributed by atoms with van der Waals surface area (Å²) < 4.78 is 40.8. The monoisotopic (exact) mass is 345 g/mol. The minimum absolute atomic E-state index is 0.00579. The Morgan fingerprint density at radius 3 is 2.92 bits per heavy atom. The number of nitrogens with one attached hydrogen (secondary N) is 2. The van der Waals surface area contributed by atoms with Crippen LogP contribution in [0.2, 0.25) is 0 Å². The molecule has 0 radical (unpaired) electrons. The first-order valence-corrected chi connectivity index (χ1v) is 7.92. The molecule has 1 atom stereocenters. The quantitative estimate of drug-likeness (QED) is 0.745. The summed E-state index contributed by atoms with van der Waals surface area (Å²) in [5, 5.41) is 5.96. The van der Waals surface area contributed by atoms with Gasteiger partial charge in [-0.2, -0.15) is 0 Å².